The van der Waals surface area contributed by atoms with Crippen molar-refractivity contribution in [3.63, 3.8) is 0 Å². The number of benzene rings is 1. The zero-order valence-corrected chi connectivity index (χ0v) is 10.1. The van der Waals surface area contributed by atoms with E-state index in [1.54, 1.807) is 6.92 Å². The van der Waals surface area contributed by atoms with Crippen molar-refractivity contribution in [2.75, 3.05) is 0 Å². The van der Waals surface area contributed by atoms with Crippen molar-refractivity contribution in [1.29, 1.82) is 0 Å². The summed E-state index contributed by atoms with van der Waals surface area (Å²) in [5.41, 5.74) is 4.01. The summed E-state index contributed by atoms with van der Waals surface area (Å²) in [4.78, 5) is 11.1. The van der Waals surface area contributed by atoms with Crippen LogP contribution in [0, 0.1) is 19.8 Å². The van der Waals surface area contributed by atoms with E-state index in [-0.39, 0.29) is 5.92 Å². The van der Waals surface area contributed by atoms with Crippen LogP contribution in [0.5, 0.6) is 0 Å². The number of ketones is 1. The average Bonchev–Trinajstić information content (AvgIpc) is 2.18. The molecule has 1 aromatic rings. The smallest absolute Gasteiger partial charge is 0.132 e. The van der Waals surface area contributed by atoms with E-state index < -0.39 is 0 Å². The molecule has 0 aliphatic rings. The fourth-order valence-electron chi connectivity index (χ4n) is 1.64. The Bertz CT molecular complexity index is 352. The lowest BCUT2D eigenvalue weighted by molar-refractivity contribution is -0.120. The zero-order valence-electron chi connectivity index (χ0n) is 10.1. The summed E-state index contributed by atoms with van der Waals surface area (Å²) in [7, 11) is 0. The molecule has 1 unspecified atom stereocenters. The van der Waals surface area contributed by atoms with Gasteiger partial charge in [0.1, 0.15) is 5.78 Å². The summed E-state index contributed by atoms with van der Waals surface area (Å²) in [6, 6.07) is 6.51. The van der Waals surface area contributed by atoms with Gasteiger partial charge < -0.3 is 0 Å². The van der Waals surface area contributed by atoms with Crippen LogP contribution in [0.1, 0.15) is 37.0 Å². The quantitative estimate of drug-likeness (QED) is 0.734. The number of carbonyl (C=O) groups is 1. The van der Waals surface area contributed by atoms with Gasteiger partial charge >= 0.3 is 0 Å². The van der Waals surface area contributed by atoms with Crippen LogP contribution in [0.3, 0.4) is 0 Å². The minimum absolute atomic E-state index is 0.185. The molecule has 0 aliphatic carbocycles. The third kappa shape index (κ3) is 3.50. The average molecular weight is 204 g/mol. The molecule has 0 saturated heterocycles. The molecule has 1 nitrogen and oxygen atoms in total. The Balaban J connectivity index is 2.65. The van der Waals surface area contributed by atoms with Crippen molar-refractivity contribution >= 4 is 5.78 Å². The number of hydrogen-bond donors (Lipinski definition) is 0. The molecule has 0 aliphatic heterocycles. The molecule has 1 heteroatoms. The molecule has 0 radical (unpaired) electrons. The summed E-state index contributed by atoms with van der Waals surface area (Å²) in [6.07, 6.45) is 1.97. The SMILES string of the molecule is CC(=O)C(C)CCc1cc(C)ccc1C. The molecule has 0 aromatic heterocycles. The maximum Gasteiger partial charge on any atom is 0.132 e. The van der Waals surface area contributed by atoms with Gasteiger partial charge in [-0.25, -0.2) is 0 Å². The van der Waals surface area contributed by atoms with Crippen molar-refractivity contribution in [2.45, 2.75) is 40.5 Å². The number of Topliss-reactive ketones (excluding diaryl/α,β-unsaturated/α-hetero) is 1. The fraction of sp³-hybridized carbons (Fsp3) is 0.500. The van der Waals surface area contributed by atoms with E-state index in [0.717, 1.165) is 12.8 Å². The summed E-state index contributed by atoms with van der Waals surface area (Å²) in [5.74, 6) is 0.477. The highest BCUT2D eigenvalue weighted by Crippen LogP contribution is 2.15. The van der Waals surface area contributed by atoms with Gasteiger partial charge in [-0.15, -0.1) is 0 Å². The van der Waals surface area contributed by atoms with Crippen LogP contribution < -0.4 is 0 Å². The van der Waals surface area contributed by atoms with Crippen LogP contribution in [0.4, 0.5) is 0 Å². The van der Waals surface area contributed by atoms with Crippen molar-refractivity contribution in [3.05, 3.63) is 34.9 Å². The van der Waals surface area contributed by atoms with Crippen LogP contribution in [0.25, 0.3) is 0 Å². The first kappa shape index (κ1) is 12.0. The summed E-state index contributed by atoms with van der Waals surface area (Å²) in [6.45, 7) is 7.92. The molecule has 0 bridgehead atoms. The highest BCUT2D eigenvalue weighted by atomic mass is 16.1. The Hall–Kier alpha value is -1.11. The zero-order chi connectivity index (χ0) is 11.4. The third-order valence-corrected chi connectivity index (χ3v) is 3.05. The van der Waals surface area contributed by atoms with Crippen molar-refractivity contribution in [2.24, 2.45) is 5.92 Å². The Kier molecular flexibility index (Phi) is 4.07. The lowest BCUT2D eigenvalue weighted by Gasteiger charge is -2.10. The van der Waals surface area contributed by atoms with Gasteiger partial charge in [-0.05, 0) is 44.7 Å². The van der Waals surface area contributed by atoms with Gasteiger partial charge in [-0.1, -0.05) is 30.7 Å². The predicted octanol–water partition coefficient (Wildman–Crippen LogP) is 3.46. The van der Waals surface area contributed by atoms with Crippen LogP contribution in [-0.4, -0.2) is 5.78 Å². The minimum atomic E-state index is 0.185. The van der Waals surface area contributed by atoms with E-state index in [2.05, 4.69) is 32.0 Å². The highest BCUT2D eigenvalue weighted by molar-refractivity contribution is 5.77. The monoisotopic (exact) mass is 204 g/mol. The van der Waals surface area contributed by atoms with Crippen molar-refractivity contribution in [1.82, 2.24) is 0 Å². The summed E-state index contributed by atoms with van der Waals surface area (Å²) in [5, 5.41) is 0. The second-order valence-electron chi connectivity index (χ2n) is 4.48. The molecular weight excluding hydrogens is 184 g/mol. The Labute approximate surface area is 92.5 Å². The van der Waals surface area contributed by atoms with E-state index >= 15 is 0 Å². The molecule has 0 amide bonds. The largest absolute Gasteiger partial charge is 0.300 e. The lowest BCUT2D eigenvalue weighted by atomic mass is 9.95. The molecule has 1 atom stereocenters. The van der Waals surface area contributed by atoms with Crippen molar-refractivity contribution < 1.29 is 4.79 Å². The molecule has 15 heavy (non-hydrogen) atoms. The summed E-state index contributed by atoms with van der Waals surface area (Å²) < 4.78 is 0. The Morgan fingerprint density at radius 2 is 2.00 bits per heavy atom. The highest BCUT2D eigenvalue weighted by Gasteiger charge is 2.08. The van der Waals surface area contributed by atoms with Gasteiger partial charge in [0.25, 0.3) is 0 Å². The van der Waals surface area contributed by atoms with Gasteiger partial charge in [0, 0.05) is 5.92 Å². The first-order valence-corrected chi connectivity index (χ1v) is 5.57. The van der Waals surface area contributed by atoms with Gasteiger partial charge in [-0.3, -0.25) is 4.79 Å². The molecular formula is C14H20O. The molecule has 82 valence electrons. The second kappa shape index (κ2) is 5.11. The number of carbonyl (C=O) groups excluding carboxylic acids is 1. The predicted molar refractivity (Wildman–Crippen MR) is 64.1 cm³/mol. The number of rotatable bonds is 4. The van der Waals surface area contributed by atoms with Gasteiger partial charge in [-0.2, -0.15) is 0 Å². The maximum absolute atomic E-state index is 11.1. The number of aryl methyl sites for hydroxylation is 3. The Morgan fingerprint density at radius 3 is 2.60 bits per heavy atom. The third-order valence-electron chi connectivity index (χ3n) is 3.05. The topological polar surface area (TPSA) is 17.1 Å². The molecule has 0 N–H and O–H groups in total. The van der Waals surface area contributed by atoms with Crippen LogP contribution in [-0.2, 0) is 11.2 Å². The Morgan fingerprint density at radius 1 is 1.33 bits per heavy atom. The van der Waals surface area contributed by atoms with Crippen molar-refractivity contribution in [3.8, 4) is 0 Å². The molecule has 0 saturated carbocycles. The number of hydrogen-bond acceptors (Lipinski definition) is 1. The van der Waals surface area contributed by atoms with Gasteiger partial charge in [0.2, 0.25) is 0 Å². The first-order valence-electron chi connectivity index (χ1n) is 5.57. The van der Waals surface area contributed by atoms with Gasteiger partial charge in [0.05, 0.1) is 0 Å². The lowest BCUT2D eigenvalue weighted by Crippen LogP contribution is -2.07. The first-order chi connectivity index (χ1) is 7.00. The van der Waals surface area contributed by atoms with Gasteiger partial charge in [0.15, 0.2) is 0 Å². The molecule has 0 fully saturated rings. The van der Waals surface area contributed by atoms with E-state index in [4.69, 9.17) is 0 Å². The van der Waals surface area contributed by atoms with E-state index in [0.29, 0.717) is 5.78 Å². The van der Waals surface area contributed by atoms with Crippen LogP contribution in [0.15, 0.2) is 18.2 Å². The molecule has 1 aromatic carbocycles. The van der Waals surface area contributed by atoms with E-state index in [1.165, 1.54) is 16.7 Å². The molecule has 0 heterocycles. The van der Waals surface area contributed by atoms with E-state index in [9.17, 15) is 4.79 Å². The second-order valence-corrected chi connectivity index (χ2v) is 4.48. The van der Waals surface area contributed by atoms with Crippen LogP contribution >= 0.6 is 0 Å². The standard InChI is InChI=1S/C14H20O/c1-10-5-6-12(3)14(9-10)8-7-11(2)13(4)15/h5-6,9,11H,7-8H2,1-4H3. The normalized spacial score (nSPS) is 12.5. The maximum atomic E-state index is 11.1. The molecule has 1 rings (SSSR count). The fourth-order valence-corrected chi connectivity index (χ4v) is 1.64. The van der Waals surface area contributed by atoms with Crippen LogP contribution in [0.2, 0.25) is 0 Å². The minimum Gasteiger partial charge on any atom is -0.300 e. The summed E-state index contributed by atoms with van der Waals surface area (Å²) >= 11 is 0. The van der Waals surface area contributed by atoms with E-state index in [1.807, 2.05) is 6.92 Å². The molecule has 0 spiro atoms.